The summed E-state index contributed by atoms with van der Waals surface area (Å²) in [4.78, 5) is 13.5. The molecular formula is C23H26ClNO4. The molecular weight excluding hydrogens is 390 g/mol. The monoisotopic (exact) mass is 415 g/mol. The fourth-order valence-corrected chi connectivity index (χ4v) is 4.48. The molecule has 1 saturated heterocycles. The predicted octanol–water partition coefficient (Wildman–Crippen LogP) is 4.19. The number of aliphatic carboxylic acids is 1. The fraction of sp³-hybridized carbons (Fsp3) is 0.435. The molecule has 2 unspecified atom stereocenters. The Hall–Kier alpha value is -2.24. The Morgan fingerprint density at radius 3 is 2.97 bits per heavy atom. The number of hydrogen-bond donors (Lipinski definition) is 1. The summed E-state index contributed by atoms with van der Waals surface area (Å²) in [5, 5.41) is 9.95. The van der Waals surface area contributed by atoms with Crippen molar-refractivity contribution in [1.29, 1.82) is 0 Å². The van der Waals surface area contributed by atoms with Crippen LogP contribution in [-0.2, 0) is 24.2 Å². The van der Waals surface area contributed by atoms with Crippen LogP contribution >= 0.6 is 11.6 Å². The van der Waals surface area contributed by atoms with Gasteiger partial charge in [-0.15, -0.1) is 0 Å². The van der Waals surface area contributed by atoms with Gasteiger partial charge < -0.3 is 14.6 Å². The van der Waals surface area contributed by atoms with E-state index in [4.69, 9.17) is 21.1 Å². The quantitative estimate of drug-likeness (QED) is 0.766. The third-order valence-electron chi connectivity index (χ3n) is 5.99. The van der Waals surface area contributed by atoms with Gasteiger partial charge in [-0.2, -0.15) is 0 Å². The molecule has 0 bridgehead atoms. The van der Waals surface area contributed by atoms with E-state index in [2.05, 4.69) is 24.0 Å². The molecule has 1 N–H and O–H groups in total. The second-order valence-electron chi connectivity index (χ2n) is 7.78. The van der Waals surface area contributed by atoms with Crippen LogP contribution in [0.4, 0.5) is 0 Å². The first-order valence-corrected chi connectivity index (χ1v) is 10.5. The van der Waals surface area contributed by atoms with Crippen LogP contribution in [0.1, 0.15) is 30.0 Å². The van der Waals surface area contributed by atoms with Crippen molar-refractivity contribution < 1.29 is 19.4 Å². The minimum Gasteiger partial charge on any atom is -0.492 e. The van der Waals surface area contributed by atoms with E-state index in [-0.39, 0.29) is 12.0 Å². The van der Waals surface area contributed by atoms with Crippen LogP contribution in [0.3, 0.4) is 0 Å². The Morgan fingerprint density at radius 2 is 2.21 bits per heavy atom. The normalized spacial score (nSPS) is 21.4. The highest BCUT2D eigenvalue weighted by molar-refractivity contribution is 6.31. The van der Waals surface area contributed by atoms with E-state index < -0.39 is 5.97 Å². The SMILES string of the molecule is CCc1cccc(Cl)c1COc1ccc2c(c1)OCC(N1CCC(C(=O)O)C1)C2. The number of carboxylic acids is 1. The highest BCUT2D eigenvalue weighted by Gasteiger charge is 2.34. The summed E-state index contributed by atoms with van der Waals surface area (Å²) in [5.74, 6) is 0.653. The summed E-state index contributed by atoms with van der Waals surface area (Å²) < 4.78 is 12.0. The molecule has 6 heteroatoms. The van der Waals surface area contributed by atoms with Crippen molar-refractivity contribution in [2.75, 3.05) is 19.7 Å². The Morgan fingerprint density at radius 1 is 1.34 bits per heavy atom. The van der Waals surface area contributed by atoms with Gasteiger partial charge in [0.25, 0.3) is 0 Å². The van der Waals surface area contributed by atoms with E-state index in [1.165, 1.54) is 5.56 Å². The lowest BCUT2D eigenvalue weighted by Crippen LogP contribution is -2.42. The molecule has 1 fully saturated rings. The van der Waals surface area contributed by atoms with Gasteiger partial charge >= 0.3 is 5.97 Å². The van der Waals surface area contributed by atoms with Crippen LogP contribution in [-0.4, -0.2) is 41.7 Å². The lowest BCUT2D eigenvalue weighted by molar-refractivity contribution is -0.141. The topological polar surface area (TPSA) is 59.0 Å². The van der Waals surface area contributed by atoms with Gasteiger partial charge in [0, 0.05) is 29.2 Å². The third-order valence-corrected chi connectivity index (χ3v) is 6.34. The summed E-state index contributed by atoms with van der Waals surface area (Å²) in [6.07, 6.45) is 2.49. The number of nitrogens with zero attached hydrogens (tertiary/aromatic N) is 1. The van der Waals surface area contributed by atoms with E-state index >= 15 is 0 Å². The maximum atomic E-state index is 11.2. The number of fused-ring (bicyclic) bond motifs is 1. The molecule has 2 aliphatic rings. The van der Waals surface area contributed by atoms with E-state index in [1.807, 2.05) is 24.3 Å². The summed E-state index contributed by atoms with van der Waals surface area (Å²) in [5.41, 5.74) is 3.36. The zero-order chi connectivity index (χ0) is 20.4. The zero-order valence-electron chi connectivity index (χ0n) is 16.6. The summed E-state index contributed by atoms with van der Waals surface area (Å²) in [6, 6.07) is 12.1. The largest absolute Gasteiger partial charge is 0.492 e. The van der Waals surface area contributed by atoms with Gasteiger partial charge in [-0.3, -0.25) is 9.69 Å². The molecule has 2 aromatic carbocycles. The number of ether oxygens (including phenoxy) is 2. The number of halogens is 1. The zero-order valence-corrected chi connectivity index (χ0v) is 17.3. The van der Waals surface area contributed by atoms with Crippen LogP contribution in [0.25, 0.3) is 0 Å². The molecule has 0 aliphatic carbocycles. The smallest absolute Gasteiger partial charge is 0.307 e. The van der Waals surface area contributed by atoms with Crippen molar-refractivity contribution in [3.8, 4) is 11.5 Å². The Bertz CT molecular complexity index is 900. The Balaban J connectivity index is 1.40. The first-order valence-electron chi connectivity index (χ1n) is 10.2. The number of hydrogen-bond acceptors (Lipinski definition) is 4. The number of carboxylic acid groups (broad SMARTS) is 1. The van der Waals surface area contributed by atoms with Crippen LogP contribution in [0.5, 0.6) is 11.5 Å². The maximum Gasteiger partial charge on any atom is 0.307 e. The lowest BCUT2D eigenvalue weighted by atomic mass is 10.0. The van der Waals surface area contributed by atoms with Gasteiger partial charge in [-0.05, 0) is 49.1 Å². The van der Waals surface area contributed by atoms with Crippen molar-refractivity contribution >= 4 is 17.6 Å². The third kappa shape index (κ3) is 4.36. The lowest BCUT2D eigenvalue weighted by Gasteiger charge is -2.32. The van der Waals surface area contributed by atoms with Crippen molar-refractivity contribution in [3.63, 3.8) is 0 Å². The predicted molar refractivity (Wildman–Crippen MR) is 112 cm³/mol. The van der Waals surface area contributed by atoms with E-state index in [0.717, 1.165) is 47.0 Å². The van der Waals surface area contributed by atoms with Gasteiger partial charge in [-0.25, -0.2) is 0 Å². The Labute approximate surface area is 176 Å². The molecule has 4 rings (SSSR count). The van der Waals surface area contributed by atoms with E-state index in [9.17, 15) is 9.90 Å². The molecule has 29 heavy (non-hydrogen) atoms. The molecule has 154 valence electrons. The van der Waals surface area contributed by atoms with Crippen LogP contribution in [0, 0.1) is 5.92 Å². The van der Waals surface area contributed by atoms with Gasteiger partial charge in [0.15, 0.2) is 0 Å². The van der Waals surface area contributed by atoms with Crippen LogP contribution < -0.4 is 9.47 Å². The first kappa shape index (κ1) is 20.0. The molecule has 0 saturated carbocycles. The number of rotatable bonds is 6. The maximum absolute atomic E-state index is 11.2. The molecule has 0 aromatic heterocycles. The van der Waals surface area contributed by atoms with Crippen LogP contribution in [0.2, 0.25) is 5.02 Å². The van der Waals surface area contributed by atoms with Gasteiger partial charge in [0.2, 0.25) is 0 Å². The van der Waals surface area contributed by atoms with Gasteiger partial charge in [0.05, 0.1) is 5.92 Å². The molecule has 2 heterocycles. The molecule has 5 nitrogen and oxygen atoms in total. The number of likely N-dealkylation sites (tertiary alicyclic amines) is 1. The van der Waals surface area contributed by atoms with Gasteiger partial charge in [0.1, 0.15) is 24.7 Å². The van der Waals surface area contributed by atoms with E-state index in [1.54, 1.807) is 0 Å². The average Bonchev–Trinajstić information content (AvgIpc) is 3.23. The minimum atomic E-state index is -0.698. The van der Waals surface area contributed by atoms with Gasteiger partial charge in [-0.1, -0.05) is 36.7 Å². The fourth-order valence-electron chi connectivity index (χ4n) is 4.23. The molecule has 2 aliphatic heterocycles. The molecule has 0 amide bonds. The highest BCUT2D eigenvalue weighted by Crippen LogP contribution is 2.33. The summed E-state index contributed by atoms with van der Waals surface area (Å²) in [6.45, 7) is 4.54. The first-order chi connectivity index (χ1) is 14.0. The van der Waals surface area contributed by atoms with Crippen molar-refractivity contribution in [2.24, 2.45) is 5.92 Å². The molecule has 0 spiro atoms. The van der Waals surface area contributed by atoms with Crippen molar-refractivity contribution in [1.82, 2.24) is 4.90 Å². The second kappa shape index (κ2) is 8.64. The Kier molecular flexibility index (Phi) is 5.97. The number of carbonyl (C=O) groups is 1. The van der Waals surface area contributed by atoms with Crippen molar-refractivity contribution in [3.05, 3.63) is 58.1 Å². The minimum absolute atomic E-state index is 0.230. The summed E-state index contributed by atoms with van der Waals surface area (Å²) in [7, 11) is 0. The standard InChI is InChI=1S/C23H26ClNO4/c1-2-15-4-3-5-21(24)20(15)14-28-19-7-6-16-10-18(13-29-22(16)11-19)25-9-8-17(12-25)23(26)27/h3-7,11,17-18H,2,8-10,12-14H2,1H3,(H,26,27). The van der Waals surface area contributed by atoms with Crippen molar-refractivity contribution in [2.45, 2.75) is 38.8 Å². The number of benzene rings is 2. The number of aryl methyl sites for hydroxylation is 1. The van der Waals surface area contributed by atoms with E-state index in [0.29, 0.717) is 26.2 Å². The average molecular weight is 416 g/mol. The highest BCUT2D eigenvalue weighted by atomic mass is 35.5. The van der Waals surface area contributed by atoms with Crippen LogP contribution in [0.15, 0.2) is 36.4 Å². The molecule has 0 radical (unpaired) electrons. The second-order valence-corrected chi connectivity index (χ2v) is 8.18. The molecule has 2 atom stereocenters. The summed E-state index contributed by atoms with van der Waals surface area (Å²) >= 11 is 6.35. The molecule has 2 aromatic rings.